The van der Waals surface area contributed by atoms with Gasteiger partial charge in [-0.25, -0.2) is 0 Å². The first-order chi connectivity index (χ1) is 15.3. The zero-order chi connectivity index (χ0) is 23.1. The van der Waals surface area contributed by atoms with E-state index in [0.29, 0.717) is 25.9 Å². The summed E-state index contributed by atoms with van der Waals surface area (Å²) in [5.41, 5.74) is 3.87. The summed E-state index contributed by atoms with van der Waals surface area (Å²) in [5, 5.41) is 2.90. The van der Waals surface area contributed by atoms with Crippen LogP contribution in [0.4, 0.5) is 5.69 Å². The van der Waals surface area contributed by atoms with Gasteiger partial charge in [0, 0.05) is 37.8 Å². The fourth-order valence-electron chi connectivity index (χ4n) is 3.87. The molecule has 1 fully saturated rings. The number of likely N-dealkylation sites (N-methyl/N-ethyl adjacent to an activating group) is 1. The van der Waals surface area contributed by atoms with Crippen molar-refractivity contribution in [3.8, 4) is 0 Å². The lowest BCUT2D eigenvalue weighted by atomic mass is 9.95. The number of hydrogen-bond acceptors (Lipinski definition) is 3. The van der Waals surface area contributed by atoms with E-state index in [2.05, 4.69) is 5.32 Å². The minimum Gasteiger partial charge on any atom is -0.339 e. The molecule has 1 aliphatic rings. The lowest BCUT2D eigenvalue weighted by molar-refractivity contribution is -0.140. The van der Waals surface area contributed by atoms with E-state index in [-0.39, 0.29) is 30.2 Å². The van der Waals surface area contributed by atoms with Crippen molar-refractivity contribution < 1.29 is 14.4 Å². The zero-order valence-corrected chi connectivity index (χ0v) is 19.0. The summed E-state index contributed by atoms with van der Waals surface area (Å²) < 4.78 is 0. The molecule has 2 aromatic carbocycles. The molecule has 1 N–H and O–H groups in total. The summed E-state index contributed by atoms with van der Waals surface area (Å²) in [7, 11) is 1.66. The zero-order valence-electron chi connectivity index (χ0n) is 19.0. The quantitative estimate of drug-likeness (QED) is 0.707. The first-order valence-electron chi connectivity index (χ1n) is 11.0. The van der Waals surface area contributed by atoms with E-state index < -0.39 is 0 Å². The molecule has 1 heterocycles. The number of piperidine rings is 1. The van der Waals surface area contributed by atoms with E-state index in [1.165, 1.54) is 4.90 Å². The molecule has 6 nitrogen and oxygen atoms in total. The van der Waals surface area contributed by atoms with Gasteiger partial charge >= 0.3 is 0 Å². The monoisotopic (exact) mass is 433 g/mol. The number of benzene rings is 2. The predicted molar refractivity (Wildman–Crippen MR) is 127 cm³/mol. The van der Waals surface area contributed by atoms with Gasteiger partial charge in [-0.2, -0.15) is 0 Å². The first kappa shape index (κ1) is 23.3. The third-order valence-electron chi connectivity index (χ3n) is 6.01. The van der Waals surface area contributed by atoms with Crippen LogP contribution in [0.2, 0.25) is 0 Å². The van der Waals surface area contributed by atoms with Crippen molar-refractivity contribution in [3.05, 3.63) is 71.3 Å². The highest BCUT2D eigenvalue weighted by Crippen LogP contribution is 2.21. The summed E-state index contributed by atoms with van der Waals surface area (Å²) >= 11 is 0. The minimum atomic E-state index is -0.215. The van der Waals surface area contributed by atoms with Crippen molar-refractivity contribution in [1.82, 2.24) is 9.80 Å². The Bertz CT molecular complexity index is 993. The van der Waals surface area contributed by atoms with Gasteiger partial charge in [0.05, 0.1) is 6.54 Å². The molecule has 1 saturated heterocycles. The number of carbonyl (C=O) groups is 3. The molecule has 2 aromatic rings. The Labute approximate surface area is 189 Å². The molecule has 0 aromatic heterocycles. The Morgan fingerprint density at radius 3 is 2.41 bits per heavy atom. The molecule has 1 aliphatic heterocycles. The van der Waals surface area contributed by atoms with Gasteiger partial charge in [-0.15, -0.1) is 0 Å². The molecule has 0 spiro atoms. The number of hydrogen-bond donors (Lipinski definition) is 1. The van der Waals surface area contributed by atoms with Gasteiger partial charge in [0.1, 0.15) is 0 Å². The average molecular weight is 434 g/mol. The Kier molecular flexibility index (Phi) is 7.82. The molecule has 32 heavy (non-hydrogen) atoms. The SMILES string of the molecule is Cc1cccc(NC(=O)CN(C)C(=O)C2CCN(C(=O)/C=C/c3ccccc3)CC2)c1C. The van der Waals surface area contributed by atoms with Crippen LogP contribution in [0, 0.1) is 19.8 Å². The molecule has 0 unspecified atom stereocenters. The van der Waals surface area contributed by atoms with Crippen molar-refractivity contribution in [2.45, 2.75) is 26.7 Å². The predicted octanol–water partition coefficient (Wildman–Crippen LogP) is 3.65. The Balaban J connectivity index is 1.47. The summed E-state index contributed by atoms with van der Waals surface area (Å²) in [5.74, 6) is -0.474. The van der Waals surface area contributed by atoms with Crippen LogP contribution in [0.25, 0.3) is 6.08 Å². The van der Waals surface area contributed by atoms with Gasteiger partial charge in [-0.1, -0.05) is 42.5 Å². The van der Waals surface area contributed by atoms with Crippen LogP contribution >= 0.6 is 0 Å². The van der Waals surface area contributed by atoms with E-state index in [1.54, 1.807) is 18.0 Å². The second-order valence-corrected chi connectivity index (χ2v) is 8.33. The summed E-state index contributed by atoms with van der Waals surface area (Å²) in [6.45, 7) is 5.04. The number of nitrogens with one attached hydrogen (secondary N) is 1. The van der Waals surface area contributed by atoms with Crippen molar-refractivity contribution >= 4 is 29.5 Å². The number of anilines is 1. The van der Waals surface area contributed by atoms with Gasteiger partial charge in [0.2, 0.25) is 17.7 Å². The van der Waals surface area contributed by atoms with Crippen molar-refractivity contribution in [1.29, 1.82) is 0 Å². The Hall–Kier alpha value is -3.41. The summed E-state index contributed by atoms with van der Waals surface area (Å²) in [6, 6.07) is 15.4. The van der Waals surface area contributed by atoms with Crippen LogP contribution in [0.1, 0.15) is 29.5 Å². The van der Waals surface area contributed by atoms with Crippen LogP contribution in [0.3, 0.4) is 0 Å². The third-order valence-corrected chi connectivity index (χ3v) is 6.01. The standard InChI is InChI=1S/C26H31N3O3/c1-19-8-7-11-23(20(19)2)27-24(30)18-28(3)26(32)22-14-16-29(17-15-22)25(31)13-12-21-9-5-4-6-10-21/h4-13,22H,14-18H2,1-3H3,(H,27,30)/b13-12+. The summed E-state index contributed by atoms with van der Waals surface area (Å²) in [4.78, 5) is 41.0. The smallest absolute Gasteiger partial charge is 0.246 e. The van der Waals surface area contributed by atoms with Crippen molar-refractivity contribution in [2.24, 2.45) is 5.92 Å². The van der Waals surface area contributed by atoms with E-state index in [1.807, 2.05) is 68.5 Å². The van der Waals surface area contributed by atoms with Gasteiger partial charge < -0.3 is 15.1 Å². The molecule has 0 radical (unpaired) electrons. The lowest BCUT2D eigenvalue weighted by Gasteiger charge is -2.32. The molecule has 0 atom stereocenters. The lowest BCUT2D eigenvalue weighted by Crippen LogP contribution is -2.44. The minimum absolute atomic E-state index is 0.00513. The Morgan fingerprint density at radius 1 is 1.03 bits per heavy atom. The first-order valence-corrected chi connectivity index (χ1v) is 11.0. The maximum absolute atomic E-state index is 12.8. The molecule has 3 rings (SSSR count). The van der Waals surface area contributed by atoms with Crippen LogP contribution in [0.15, 0.2) is 54.6 Å². The van der Waals surface area contributed by atoms with E-state index in [0.717, 1.165) is 22.4 Å². The number of carbonyl (C=O) groups excluding carboxylic acids is 3. The highest BCUT2D eigenvalue weighted by atomic mass is 16.2. The van der Waals surface area contributed by atoms with E-state index in [9.17, 15) is 14.4 Å². The van der Waals surface area contributed by atoms with Gasteiger partial charge in [-0.05, 0) is 55.5 Å². The maximum atomic E-state index is 12.8. The maximum Gasteiger partial charge on any atom is 0.246 e. The number of aryl methyl sites for hydroxylation is 1. The topological polar surface area (TPSA) is 69.7 Å². The largest absolute Gasteiger partial charge is 0.339 e. The highest BCUT2D eigenvalue weighted by molar-refractivity contribution is 5.95. The van der Waals surface area contributed by atoms with Gasteiger partial charge in [0.15, 0.2) is 0 Å². The molecule has 0 bridgehead atoms. The second kappa shape index (κ2) is 10.8. The van der Waals surface area contributed by atoms with Gasteiger partial charge in [0.25, 0.3) is 0 Å². The van der Waals surface area contributed by atoms with Gasteiger partial charge in [-0.3, -0.25) is 14.4 Å². The number of likely N-dealkylation sites (tertiary alicyclic amines) is 1. The third kappa shape index (κ3) is 6.06. The van der Waals surface area contributed by atoms with Crippen LogP contribution < -0.4 is 5.32 Å². The molecule has 6 heteroatoms. The van der Waals surface area contributed by atoms with Crippen LogP contribution in [-0.2, 0) is 14.4 Å². The normalized spacial score (nSPS) is 14.4. The van der Waals surface area contributed by atoms with Crippen LogP contribution in [-0.4, -0.2) is 54.2 Å². The molecule has 168 valence electrons. The molecule has 0 aliphatic carbocycles. The highest BCUT2D eigenvalue weighted by Gasteiger charge is 2.29. The van der Waals surface area contributed by atoms with E-state index in [4.69, 9.17) is 0 Å². The van der Waals surface area contributed by atoms with E-state index >= 15 is 0 Å². The number of amides is 3. The fourth-order valence-corrected chi connectivity index (χ4v) is 3.87. The molecule has 3 amide bonds. The fraction of sp³-hybridized carbons (Fsp3) is 0.346. The van der Waals surface area contributed by atoms with Crippen molar-refractivity contribution in [3.63, 3.8) is 0 Å². The second-order valence-electron chi connectivity index (χ2n) is 8.33. The van der Waals surface area contributed by atoms with Crippen molar-refractivity contribution in [2.75, 3.05) is 32.0 Å². The Morgan fingerprint density at radius 2 is 1.72 bits per heavy atom. The number of rotatable bonds is 6. The van der Waals surface area contributed by atoms with Crippen LogP contribution in [0.5, 0.6) is 0 Å². The number of nitrogens with zero attached hydrogens (tertiary/aromatic N) is 2. The molecular formula is C26H31N3O3. The average Bonchev–Trinajstić information content (AvgIpc) is 2.80. The summed E-state index contributed by atoms with van der Waals surface area (Å²) in [6.07, 6.45) is 4.60. The molecular weight excluding hydrogens is 402 g/mol. The molecule has 0 saturated carbocycles.